The average molecular weight is 241 g/mol. The number of carbonyl (C=O) groups is 2. The van der Waals surface area contributed by atoms with Gasteiger partial charge in [-0.2, -0.15) is 12.6 Å². The third kappa shape index (κ3) is 2.90. The van der Waals surface area contributed by atoms with Crippen molar-refractivity contribution in [2.45, 2.75) is 0 Å². The molecule has 0 unspecified atom stereocenters. The van der Waals surface area contributed by atoms with Gasteiger partial charge >= 0.3 is 5.97 Å². The van der Waals surface area contributed by atoms with Gasteiger partial charge in [0.15, 0.2) is 0 Å². The molecular formula is C10H11NO4S. The summed E-state index contributed by atoms with van der Waals surface area (Å²) in [6.07, 6.45) is 0. The minimum absolute atomic E-state index is 0.0143. The van der Waals surface area contributed by atoms with E-state index in [0.717, 1.165) is 0 Å². The van der Waals surface area contributed by atoms with Crippen molar-refractivity contribution >= 4 is 30.2 Å². The van der Waals surface area contributed by atoms with Crippen molar-refractivity contribution in [1.82, 2.24) is 0 Å². The highest BCUT2D eigenvalue weighted by atomic mass is 32.1. The summed E-state index contributed by atoms with van der Waals surface area (Å²) >= 11 is 3.81. The lowest BCUT2D eigenvalue weighted by Gasteiger charge is -2.09. The van der Waals surface area contributed by atoms with Crippen LogP contribution in [0.2, 0.25) is 0 Å². The van der Waals surface area contributed by atoms with Gasteiger partial charge in [-0.25, -0.2) is 4.79 Å². The number of methoxy groups -OCH3 is 1. The fraction of sp³-hybridized carbons (Fsp3) is 0.200. The van der Waals surface area contributed by atoms with Crippen LogP contribution in [0.15, 0.2) is 18.2 Å². The fourth-order valence-corrected chi connectivity index (χ4v) is 1.21. The molecule has 0 aliphatic rings. The van der Waals surface area contributed by atoms with E-state index in [1.165, 1.54) is 25.3 Å². The number of anilines is 1. The maximum Gasteiger partial charge on any atom is 0.335 e. The summed E-state index contributed by atoms with van der Waals surface area (Å²) in [5.74, 6) is -0.978. The van der Waals surface area contributed by atoms with Crippen LogP contribution in [-0.2, 0) is 4.79 Å². The monoisotopic (exact) mass is 241 g/mol. The van der Waals surface area contributed by atoms with Crippen molar-refractivity contribution < 1.29 is 19.4 Å². The number of rotatable bonds is 4. The number of carboxylic acid groups (broad SMARTS) is 1. The zero-order valence-corrected chi connectivity index (χ0v) is 9.45. The molecule has 0 radical (unpaired) electrons. The third-order valence-electron chi connectivity index (χ3n) is 1.86. The minimum atomic E-state index is -1.07. The first kappa shape index (κ1) is 12.4. The average Bonchev–Trinajstić information content (AvgIpc) is 2.28. The van der Waals surface area contributed by atoms with E-state index in [0.29, 0.717) is 11.4 Å². The molecular weight excluding hydrogens is 230 g/mol. The van der Waals surface area contributed by atoms with E-state index in [2.05, 4.69) is 17.9 Å². The summed E-state index contributed by atoms with van der Waals surface area (Å²) < 4.78 is 4.99. The lowest BCUT2D eigenvalue weighted by atomic mass is 10.2. The summed E-state index contributed by atoms with van der Waals surface area (Å²) in [7, 11) is 1.44. The zero-order chi connectivity index (χ0) is 12.1. The Morgan fingerprint density at radius 1 is 1.50 bits per heavy atom. The largest absolute Gasteiger partial charge is 0.495 e. The second kappa shape index (κ2) is 5.41. The summed E-state index contributed by atoms with van der Waals surface area (Å²) in [5, 5.41) is 11.3. The summed E-state index contributed by atoms with van der Waals surface area (Å²) in [6, 6.07) is 4.22. The summed E-state index contributed by atoms with van der Waals surface area (Å²) in [6.45, 7) is 0. The number of thiol groups is 1. The van der Waals surface area contributed by atoms with Crippen molar-refractivity contribution in [2.24, 2.45) is 0 Å². The van der Waals surface area contributed by atoms with Gasteiger partial charge in [-0.15, -0.1) is 0 Å². The van der Waals surface area contributed by atoms with E-state index in [1.807, 2.05) is 0 Å². The molecule has 0 saturated heterocycles. The van der Waals surface area contributed by atoms with Crippen LogP contribution in [0.25, 0.3) is 0 Å². The zero-order valence-electron chi connectivity index (χ0n) is 8.56. The summed E-state index contributed by atoms with van der Waals surface area (Å²) in [5.41, 5.74) is 0.400. The van der Waals surface area contributed by atoms with E-state index >= 15 is 0 Å². The van der Waals surface area contributed by atoms with Crippen LogP contribution in [0, 0.1) is 0 Å². The van der Waals surface area contributed by atoms with Gasteiger partial charge in [0.05, 0.1) is 24.1 Å². The number of aromatic carboxylic acids is 1. The first-order chi connectivity index (χ1) is 7.58. The number of carboxylic acids is 1. The van der Waals surface area contributed by atoms with Gasteiger partial charge in [0.2, 0.25) is 5.91 Å². The maximum absolute atomic E-state index is 11.1. The number of hydrogen-bond acceptors (Lipinski definition) is 4. The third-order valence-corrected chi connectivity index (χ3v) is 2.15. The second-order valence-corrected chi connectivity index (χ2v) is 3.24. The van der Waals surface area contributed by atoms with Crippen LogP contribution in [0.4, 0.5) is 5.69 Å². The highest BCUT2D eigenvalue weighted by Crippen LogP contribution is 2.25. The number of benzene rings is 1. The van der Waals surface area contributed by atoms with Crippen LogP contribution in [-0.4, -0.2) is 29.8 Å². The van der Waals surface area contributed by atoms with E-state index in [4.69, 9.17) is 9.84 Å². The highest BCUT2D eigenvalue weighted by molar-refractivity contribution is 7.81. The van der Waals surface area contributed by atoms with Gasteiger partial charge in [-0.05, 0) is 18.2 Å². The maximum atomic E-state index is 11.1. The first-order valence-electron chi connectivity index (χ1n) is 4.40. The molecule has 0 spiro atoms. The molecule has 0 heterocycles. The molecule has 0 fully saturated rings. The van der Waals surface area contributed by atoms with Gasteiger partial charge in [0, 0.05) is 0 Å². The smallest absolute Gasteiger partial charge is 0.335 e. The Kier molecular flexibility index (Phi) is 4.19. The second-order valence-electron chi connectivity index (χ2n) is 2.93. The predicted molar refractivity (Wildman–Crippen MR) is 62.4 cm³/mol. The van der Waals surface area contributed by atoms with Crippen LogP contribution < -0.4 is 10.1 Å². The Hall–Kier alpha value is -1.69. The molecule has 0 atom stereocenters. The quantitative estimate of drug-likeness (QED) is 0.694. The molecule has 1 aromatic rings. The Morgan fingerprint density at radius 2 is 2.19 bits per heavy atom. The minimum Gasteiger partial charge on any atom is -0.495 e. The number of amides is 1. The Labute approximate surface area is 97.8 Å². The van der Waals surface area contributed by atoms with Crippen molar-refractivity contribution in [3.63, 3.8) is 0 Å². The van der Waals surface area contributed by atoms with Crippen LogP contribution in [0.5, 0.6) is 5.75 Å². The molecule has 0 saturated carbocycles. The molecule has 1 aromatic carbocycles. The Balaban J connectivity index is 3.06. The van der Waals surface area contributed by atoms with Gasteiger partial charge in [0.1, 0.15) is 5.75 Å². The molecule has 0 bridgehead atoms. The molecule has 16 heavy (non-hydrogen) atoms. The van der Waals surface area contributed by atoms with Gasteiger partial charge in [-0.1, -0.05) is 0 Å². The molecule has 0 aromatic heterocycles. The van der Waals surface area contributed by atoms with Gasteiger partial charge in [0.25, 0.3) is 0 Å². The molecule has 0 aliphatic heterocycles. The standard InChI is InChI=1S/C10H11NO4S/c1-15-8-3-2-6(10(13)14)4-7(8)11-9(12)5-16/h2-4,16H,5H2,1H3,(H,11,12)(H,13,14). The molecule has 5 nitrogen and oxygen atoms in total. The van der Waals surface area contributed by atoms with Gasteiger partial charge < -0.3 is 15.2 Å². The SMILES string of the molecule is COc1ccc(C(=O)O)cc1NC(=O)CS. The van der Waals surface area contributed by atoms with Crippen LogP contribution >= 0.6 is 12.6 Å². The topological polar surface area (TPSA) is 75.6 Å². The normalized spacial score (nSPS) is 9.62. The molecule has 0 aliphatic carbocycles. The van der Waals surface area contributed by atoms with E-state index in [-0.39, 0.29) is 17.2 Å². The molecule has 1 amide bonds. The number of carbonyl (C=O) groups excluding carboxylic acids is 1. The number of nitrogens with one attached hydrogen (secondary N) is 1. The van der Waals surface area contributed by atoms with E-state index < -0.39 is 5.97 Å². The summed E-state index contributed by atoms with van der Waals surface area (Å²) in [4.78, 5) is 21.9. The molecule has 86 valence electrons. The van der Waals surface area contributed by atoms with Crippen molar-refractivity contribution in [1.29, 1.82) is 0 Å². The molecule has 6 heteroatoms. The van der Waals surface area contributed by atoms with Crippen LogP contribution in [0.1, 0.15) is 10.4 Å². The Morgan fingerprint density at radius 3 is 2.69 bits per heavy atom. The fourth-order valence-electron chi connectivity index (χ4n) is 1.13. The van der Waals surface area contributed by atoms with Crippen LogP contribution in [0.3, 0.4) is 0 Å². The predicted octanol–water partition coefficient (Wildman–Crippen LogP) is 1.26. The van der Waals surface area contributed by atoms with Crippen molar-refractivity contribution in [3.05, 3.63) is 23.8 Å². The van der Waals surface area contributed by atoms with Crippen molar-refractivity contribution in [3.8, 4) is 5.75 Å². The molecule has 1 rings (SSSR count). The van der Waals surface area contributed by atoms with Gasteiger partial charge in [-0.3, -0.25) is 4.79 Å². The number of hydrogen-bond donors (Lipinski definition) is 3. The molecule has 2 N–H and O–H groups in total. The first-order valence-corrected chi connectivity index (χ1v) is 5.03. The van der Waals surface area contributed by atoms with E-state index in [1.54, 1.807) is 0 Å². The lowest BCUT2D eigenvalue weighted by Crippen LogP contribution is -2.14. The van der Waals surface area contributed by atoms with E-state index in [9.17, 15) is 9.59 Å². The number of ether oxygens (including phenoxy) is 1. The highest BCUT2D eigenvalue weighted by Gasteiger charge is 2.10. The Bertz CT molecular complexity index is 419. The van der Waals surface area contributed by atoms with Crippen molar-refractivity contribution in [2.75, 3.05) is 18.2 Å². The lowest BCUT2D eigenvalue weighted by molar-refractivity contribution is -0.113.